The van der Waals surface area contributed by atoms with Gasteiger partial charge in [-0.05, 0) is 42.9 Å². The summed E-state index contributed by atoms with van der Waals surface area (Å²) in [7, 11) is 0. The van der Waals surface area contributed by atoms with Crippen molar-refractivity contribution in [1.29, 1.82) is 0 Å². The Kier molecular flexibility index (Phi) is 3.77. The second kappa shape index (κ2) is 4.52. The van der Waals surface area contributed by atoms with E-state index in [1.54, 1.807) is 6.92 Å². The predicted molar refractivity (Wildman–Crippen MR) is 64.1 cm³/mol. The highest BCUT2D eigenvalue weighted by molar-refractivity contribution is 6.20. The number of halogens is 2. The van der Waals surface area contributed by atoms with Crippen LogP contribution < -0.4 is 0 Å². The lowest BCUT2D eigenvalue weighted by Gasteiger charge is -2.27. The Bertz CT molecular complexity index is 342. The molecule has 84 valence electrons. The van der Waals surface area contributed by atoms with Gasteiger partial charge in [-0.15, -0.1) is 11.6 Å². The SMILES string of the molecule is Cc1cc(C(C)(C)CC(C)Cl)ccc1F. The van der Waals surface area contributed by atoms with Crippen LogP contribution in [0.3, 0.4) is 0 Å². The summed E-state index contributed by atoms with van der Waals surface area (Å²) in [5.74, 6) is -0.145. The molecule has 1 rings (SSSR count). The van der Waals surface area contributed by atoms with Crippen LogP contribution in [-0.4, -0.2) is 5.38 Å². The number of rotatable bonds is 3. The largest absolute Gasteiger partial charge is 0.207 e. The van der Waals surface area contributed by atoms with Gasteiger partial charge in [-0.3, -0.25) is 0 Å². The molecule has 1 atom stereocenters. The minimum absolute atomic E-state index is 0.000370. The first-order chi connectivity index (χ1) is 6.83. The van der Waals surface area contributed by atoms with Gasteiger partial charge in [0.15, 0.2) is 0 Å². The summed E-state index contributed by atoms with van der Waals surface area (Å²) in [6.07, 6.45) is 0.889. The first kappa shape index (κ1) is 12.5. The van der Waals surface area contributed by atoms with Crippen molar-refractivity contribution in [1.82, 2.24) is 0 Å². The first-order valence-electron chi connectivity index (χ1n) is 5.23. The quantitative estimate of drug-likeness (QED) is 0.672. The molecule has 0 aromatic heterocycles. The summed E-state index contributed by atoms with van der Waals surface area (Å²) in [6, 6.07) is 5.29. The number of alkyl halides is 1. The van der Waals surface area contributed by atoms with Gasteiger partial charge in [-0.25, -0.2) is 4.39 Å². The zero-order valence-electron chi connectivity index (χ0n) is 9.77. The van der Waals surface area contributed by atoms with Crippen molar-refractivity contribution in [3.8, 4) is 0 Å². The fourth-order valence-electron chi connectivity index (χ4n) is 1.89. The van der Waals surface area contributed by atoms with Gasteiger partial charge >= 0.3 is 0 Å². The summed E-state index contributed by atoms with van der Waals surface area (Å²) >= 11 is 6.01. The molecule has 0 saturated carbocycles. The summed E-state index contributed by atoms with van der Waals surface area (Å²) in [5.41, 5.74) is 1.84. The third-order valence-corrected chi connectivity index (χ3v) is 2.89. The van der Waals surface area contributed by atoms with Crippen molar-refractivity contribution in [2.75, 3.05) is 0 Å². The average Bonchev–Trinajstić information content (AvgIpc) is 2.07. The molecule has 0 heterocycles. The van der Waals surface area contributed by atoms with Crippen molar-refractivity contribution >= 4 is 11.6 Å². The smallest absolute Gasteiger partial charge is 0.126 e. The van der Waals surface area contributed by atoms with Gasteiger partial charge in [0, 0.05) is 5.38 Å². The molecule has 0 aliphatic carbocycles. The van der Waals surface area contributed by atoms with E-state index in [1.165, 1.54) is 6.07 Å². The molecule has 0 radical (unpaired) electrons. The molecular weight excluding hydrogens is 211 g/mol. The van der Waals surface area contributed by atoms with E-state index >= 15 is 0 Å². The summed E-state index contributed by atoms with van der Waals surface area (Å²) in [6.45, 7) is 8.05. The van der Waals surface area contributed by atoms with Crippen LogP contribution in [0.2, 0.25) is 0 Å². The Morgan fingerprint density at radius 1 is 1.40 bits per heavy atom. The minimum atomic E-state index is -0.145. The Balaban J connectivity index is 2.99. The Hall–Kier alpha value is -0.560. The molecule has 0 saturated heterocycles. The molecule has 0 nitrogen and oxygen atoms in total. The fraction of sp³-hybridized carbons (Fsp3) is 0.538. The molecular formula is C13H18ClF. The topological polar surface area (TPSA) is 0 Å². The van der Waals surface area contributed by atoms with Crippen LogP contribution in [0, 0.1) is 12.7 Å². The van der Waals surface area contributed by atoms with Crippen LogP contribution in [0.4, 0.5) is 4.39 Å². The third kappa shape index (κ3) is 3.20. The normalized spacial score (nSPS) is 14.0. The maximum Gasteiger partial charge on any atom is 0.126 e. The molecule has 2 heteroatoms. The molecule has 15 heavy (non-hydrogen) atoms. The maximum atomic E-state index is 13.1. The Morgan fingerprint density at radius 3 is 2.47 bits per heavy atom. The van der Waals surface area contributed by atoms with Crippen LogP contribution in [0.25, 0.3) is 0 Å². The van der Waals surface area contributed by atoms with Gasteiger partial charge in [0.1, 0.15) is 5.82 Å². The Labute approximate surface area is 96.5 Å². The molecule has 1 aromatic carbocycles. The lowest BCUT2D eigenvalue weighted by molar-refractivity contribution is 0.475. The van der Waals surface area contributed by atoms with Gasteiger partial charge in [-0.2, -0.15) is 0 Å². The molecule has 0 bridgehead atoms. The van der Waals surface area contributed by atoms with E-state index in [0.29, 0.717) is 5.56 Å². The fourth-order valence-corrected chi connectivity index (χ4v) is 2.27. The number of benzene rings is 1. The molecule has 0 N–H and O–H groups in total. The molecule has 0 aliphatic rings. The highest BCUT2D eigenvalue weighted by Crippen LogP contribution is 2.30. The minimum Gasteiger partial charge on any atom is -0.207 e. The van der Waals surface area contributed by atoms with Crippen LogP contribution in [0.5, 0.6) is 0 Å². The zero-order valence-corrected chi connectivity index (χ0v) is 10.5. The van der Waals surface area contributed by atoms with Gasteiger partial charge in [0.05, 0.1) is 0 Å². The molecule has 0 aliphatic heterocycles. The monoisotopic (exact) mass is 228 g/mol. The maximum absolute atomic E-state index is 13.1. The summed E-state index contributed by atoms with van der Waals surface area (Å²) in [4.78, 5) is 0. The lowest BCUT2D eigenvalue weighted by Crippen LogP contribution is -2.21. The van der Waals surface area contributed by atoms with Gasteiger partial charge in [0.2, 0.25) is 0 Å². The predicted octanol–water partition coefficient (Wildman–Crippen LogP) is 4.43. The molecule has 1 aromatic rings. The van der Waals surface area contributed by atoms with E-state index in [2.05, 4.69) is 13.8 Å². The second-order valence-electron chi connectivity index (χ2n) is 4.83. The first-order valence-corrected chi connectivity index (χ1v) is 5.67. The summed E-state index contributed by atoms with van der Waals surface area (Å²) in [5, 5.41) is 0.130. The third-order valence-electron chi connectivity index (χ3n) is 2.73. The molecule has 0 amide bonds. The highest BCUT2D eigenvalue weighted by atomic mass is 35.5. The standard InChI is InChI=1S/C13H18ClF/c1-9-7-11(5-6-12(9)15)13(3,4)8-10(2)14/h5-7,10H,8H2,1-4H3. The van der Waals surface area contributed by atoms with Crippen molar-refractivity contribution in [3.63, 3.8) is 0 Å². The number of hydrogen-bond acceptors (Lipinski definition) is 0. The van der Waals surface area contributed by atoms with Crippen molar-refractivity contribution in [2.45, 2.75) is 44.9 Å². The molecule has 1 unspecified atom stereocenters. The molecule has 0 fully saturated rings. The second-order valence-corrected chi connectivity index (χ2v) is 5.58. The van der Waals surface area contributed by atoms with E-state index in [4.69, 9.17) is 11.6 Å². The Morgan fingerprint density at radius 2 is 2.00 bits per heavy atom. The van der Waals surface area contributed by atoms with Crippen molar-refractivity contribution in [3.05, 3.63) is 35.1 Å². The van der Waals surface area contributed by atoms with Crippen LogP contribution >= 0.6 is 11.6 Å². The van der Waals surface area contributed by atoms with Crippen LogP contribution in [-0.2, 0) is 5.41 Å². The number of hydrogen-bond donors (Lipinski definition) is 0. The number of aryl methyl sites for hydroxylation is 1. The summed E-state index contributed by atoms with van der Waals surface area (Å²) < 4.78 is 13.1. The van der Waals surface area contributed by atoms with Gasteiger partial charge in [0.25, 0.3) is 0 Å². The van der Waals surface area contributed by atoms with Gasteiger partial charge < -0.3 is 0 Å². The van der Waals surface area contributed by atoms with Crippen molar-refractivity contribution in [2.24, 2.45) is 0 Å². The van der Waals surface area contributed by atoms with E-state index in [1.807, 2.05) is 19.1 Å². The van der Waals surface area contributed by atoms with Crippen LogP contribution in [0.15, 0.2) is 18.2 Å². The van der Waals surface area contributed by atoms with E-state index in [9.17, 15) is 4.39 Å². The molecule has 0 spiro atoms. The van der Waals surface area contributed by atoms with Crippen molar-refractivity contribution < 1.29 is 4.39 Å². The lowest BCUT2D eigenvalue weighted by atomic mass is 9.80. The van der Waals surface area contributed by atoms with Gasteiger partial charge in [-0.1, -0.05) is 26.0 Å². The van der Waals surface area contributed by atoms with E-state index in [0.717, 1.165) is 12.0 Å². The zero-order chi connectivity index (χ0) is 11.6. The average molecular weight is 229 g/mol. The van der Waals surface area contributed by atoms with Crippen LogP contribution in [0.1, 0.15) is 38.3 Å². The highest BCUT2D eigenvalue weighted by Gasteiger charge is 2.23. The van der Waals surface area contributed by atoms with E-state index < -0.39 is 0 Å². The van der Waals surface area contributed by atoms with E-state index in [-0.39, 0.29) is 16.6 Å².